The molecule has 154 valence electrons. The average molecular weight is 418 g/mol. The zero-order valence-corrected chi connectivity index (χ0v) is 17.5. The summed E-state index contributed by atoms with van der Waals surface area (Å²) in [7, 11) is -4.20. The molecule has 1 aromatic heterocycles. The molecule has 1 atom stereocenters. The van der Waals surface area contributed by atoms with Gasteiger partial charge in [0.05, 0.1) is 21.8 Å². The van der Waals surface area contributed by atoms with Crippen molar-refractivity contribution in [1.82, 2.24) is 14.7 Å². The highest BCUT2D eigenvalue weighted by Crippen LogP contribution is 2.35. The molecule has 2 aromatic rings. The largest absolute Gasteiger partial charge is 0.478 e. The summed E-state index contributed by atoms with van der Waals surface area (Å²) in [4.78, 5) is 32.5. The van der Waals surface area contributed by atoms with Crippen molar-refractivity contribution in [3.05, 3.63) is 41.0 Å². The highest BCUT2D eigenvalue weighted by molar-refractivity contribution is 7.90. The fourth-order valence-electron chi connectivity index (χ4n) is 3.03. The second-order valence-corrected chi connectivity index (χ2v) is 8.89. The van der Waals surface area contributed by atoms with E-state index >= 15 is 0 Å². The van der Waals surface area contributed by atoms with E-state index in [1.165, 1.54) is 18.3 Å². The summed E-state index contributed by atoms with van der Waals surface area (Å²) in [5, 5.41) is 2.73. The molecule has 1 aliphatic heterocycles. The van der Waals surface area contributed by atoms with Gasteiger partial charge in [-0.05, 0) is 38.3 Å². The first kappa shape index (κ1) is 20.7. The number of anilines is 1. The van der Waals surface area contributed by atoms with Crippen molar-refractivity contribution in [2.75, 3.05) is 5.32 Å². The van der Waals surface area contributed by atoms with Gasteiger partial charge in [0, 0.05) is 12.3 Å². The number of fused-ring (bicyclic) bond motifs is 1. The summed E-state index contributed by atoms with van der Waals surface area (Å²) in [6.45, 7) is 8.49. The Bertz CT molecular complexity index is 1110. The van der Waals surface area contributed by atoms with Crippen LogP contribution in [0.2, 0.25) is 0 Å². The van der Waals surface area contributed by atoms with Crippen molar-refractivity contribution < 1.29 is 22.7 Å². The minimum atomic E-state index is -4.20. The molecule has 0 aliphatic carbocycles. The number of sulfonamides is 1. The second-order valence-electron chi connectivity index (χ2n) is 7.24. The molecule has 10 heteroatoms. The van der Waals surface area contributed by atoms with Crippen molar-refractivity contribution in [2.45, 2.75) is 45.6 Å². The fourth-order valence-corrected chi connectivity index (χ4v) is 4.23. The molecule has 0 bridgehead atoms. The number of hydrogen-bond acceptors (Lipinski definition) is 7. The lowest BCUT2D eigenvalue weighted by Gasteiger charge is -2.29. The van der Waals surface area contributed by atoms with Gasteiger partial charge in [0.15, 0.2) is 6.10 Å². The number of nitrogens with zero attached hydrogens (tertiary/aromatic N) is 2. The molecular weight excluding hydrogens is 396 g/mol. The molecule has 29 heavy (non-hydrogen) atoms. The van der Waals surface area contributed by atoms with Crippen LogP contribution in [0.4, 0.5) is 5.69 Å². The molecule has 3 rings (SSSR count). The van der Waals surface area contributed by atoms with Gasteiger partial charge in [-0.15, -0.1) is 0 Å². The maximum Gasteiger partial charge on any atom is 0.268 e. The predicted molar refractivity (Wildman–Crippen MR) is 105 cm³/mol. The summed E-state index contributed by atoms with van der Waals surface area (Å²) in [6.07, 6.45) is 0.552. The summed E-state index contributed by atoms with van der Waals surface area (Å²) in [6, 6.07) is 2.82. The summed E-state index contributed by atoms with van der Waals surface area (Å²) in [5.41, 5.74) is 1.18. The van der Waals surface area contributed by atoms with Crippen LogP contribution in [0.1, 0.15) is 41.3 Å². The number of benzene rings is 1. The number of rotatable bonds is 4. The average Bonchev–Trinajstić information content (AvgIpc) is 2.59. The molecular formula is C19H22N4O5S. The van der Waals surface area contributed by atoms with Crippen molar-refractivity contribution >= 4 is 27.5 Å². The Kier molecular flexibility index (Phi) is 5.31. The molecule has 2 N–H and O–H groups in total. The number of carbonyl (C=O) groups is 2. The summed E-state index contributed by atoms with van der Waals surface area (Å²) in [5.74, 6) is -0.504. The number of aromatic nitrogens is 2. The Morgan fingerprint density at radius 3 is 2.55 bits per heavy atom. The van der Waals surface area contributed by atoms with E-state index in [1.54, 1.807) is 20.8 Å². The molecule has 0 saturated carbocycles. The van der Waals surface area contributed by atoms with Crippen molar-refractivity contribution in [1.29, 1.82) is 0 Å². The molecule has 2 amide bonds. The van der Waals surface area contributed by atoms with Gasteiger partial charge in [0.25, 0.3) is 21.8 Å². The molecule has 0 fully saturated rings. The van der Waals surface area contributed by atoms with Crippen LogP contribution in [0.3, 0.4) is 0 Å². The van der Waals surface area contributed by atoms with Gasteiger partial charge < -0.3 is 10.1 Å². The quantitative estimate of drug-likeness (QED) is 0.776. The van der Waals surface area contributed by atoms with E-state index in [9.17, 15) is 18.0 Å². The monoisotopic (exact) mass is 418 g/mol. The minimum Gasteiger partial charge on any atom is -0.478 e. The molecule has 0 saturated heterocycles. The van der Waals surface area contributed by atoms with E-state index in [0.29, 0.717) is 22.8 Å². The lowest BCUT2D eigenvalue weighted by Crippen LogP contribution is -2.40. The highest BCUT2D eigenvalue weighted by atomic mass is 32.2. The lowest BCUT2D eigenvalue weighted by atomic mass is 10.0. The summed E-state index contributed by atoms with van der Waals surface area (Å²) >= 11 is 0. The van der Waals surface area contributed by atoms with Crippen LogP contribution in [0.5, 0.6) is 5.75 Å². The molecule has 0 radical (unpaired) electrons. The van der Waals surface area contributed by atoms with Crippen LogP contribution in [-0.4, -0.2) is 36.3 Å². The van der Waals surface area contributed by atoms with Gasteiger partial charge in [-0.2, -0.15) is 0 Å². The highest BCUT2D eigenvalue weighted by Gasteiger charge is 2.32. The standard InChI is InChI=1S/C19H22N4O5S/c1-9(2)17-19(25)22-14-6-10(3)16(7-15(14)28-17)29(26,27)23-18(24)13-8-20-12(5)21-11(13)4/h6-9,17H,1-5H3,(H,22,25)(H,23,24)/t17-/m1/s1. The normalized spacial score (nSPS) is 16.1. The number of ether oxygens (including phenoxy) is 1. The molecule has 9 nitrogen and oxygen atoms in total. The van der Waals surface area contributed by atoms with Crippen LogP contribution < -0.4 is 14.8 Å². The van der Waals surface area contributed by atoms with Crippen LogP contribution in [-0.2, 0) is 14.8 Å². The maximum absolute atomic E-state index is 12.9. The number of nitrogens with one attached hydrogen (secondary N) is 2. The van der Waals surface area contributed by atoms with Crippen molar-refractivity contribution in [3.8, 4) is 5.75 Å². The van der Waals surface area contributed by atoms with Gasteiger partial charge >= 0.3 is 0 Å². The van der Waals surface area contributed by atoms with E-state index in [2.05, 4.69) is 15.3 Å². The molecule has 1 aliphatic rings. The van der Waals surface area contributed by atoms with Crippen LogP contribution in [0, 0.1) is 26.7 Å². The molecule has 0 unspecified atom stereocenters. The van der Waals surface area contributed by atoms with E-state index < -0.39 is 22.0 Å². The Balaban J connectivity index is 1.94. The predicted octanol–water partition coefficient (Wildman–Crippen LogP) is 1.88. The van der Waals surface area contributed by atoms with E-state index in [0.717, 1.165) is 0 Å². The number of amides is 2. The number of aryl methyl sites for hydroxylation is 3. The smallest absolute Gasteiger partial charge is 0.268 e. The first-order valence-corrected chi connectivity index (χ1v) is 10.5. The van der Waals surface area contributed by atoms with Crippen LogP contribution >= 0.6 is 0 Å². The Morgan fingerprint density at radius 1 is 1.24 bits per heavy atom. The van der Waals surface area contributed by atoms with E-state index in [4.69, 9.17) is 4.74 Å². The second kappa shape index (κ2) is 7.43. The zero-order valence-electron chi connectivity index (χ0n) is 16.7. The third-order valence-corrected chi connectivity index (χ3v) is 5.99. The van der Waals surface area contributed by atoms with Gasteiger partial charge in [0.2, 0.25) is 0 Å². The Hall–Kier alpha value is -3.01. The number of carbonyl (C=O) groups excluding carboxylic acids is 2. The molecule has 0 spiro atoms. The minimum absolute atomic E-state index is 0.0678. The maximum atomic E-state index is 12.9. The van der Waals surface area contributed by atoms with Crippen molar-refractivity contribution in [3.63, 3.8) is 0 Å². The zero-order chi connectivity index (χ0) is 21.5. The number of hydrogen-bond donors (Lipinski definition) is 2. The van der Waals surface area contributed by atoms with Gasteiger partial charge in [-0.1, -0.05) is 13.8 Å². The molecule has 1 aromatic carbocycles. The first-order chi connectivity index (χ1) is 13.5. The summed E-state index contributed by atoms with van der Waals surface area (Å²) < 4.78 is 33.5. The SMILES string of the molecule is Cc1ncc(C(=O)NS(=O)(=O)c2cc3c(cc2C)NC(=O)[C@@H](C(C)C)O3)c(C)n1. The fraction of sp³-hybridized carbons (Fsp3) is 0.368. The van der Waals surface area contributed by atoms with Crippen molar-refractivity contribution in [2.24, 2.45) is 5.92 Å². The van der Waals surface area contributed by atoms with Crippen LogP contribution in [0.15, 0.2) is 23.2 Å². The van der Waals surface area contributed by atoms with Gasteiger partial charge in [-0.3, -0.25) is 9.59 Å². The molecule has 2 heterocycles. The third kappa shape index (κ3) is 4.07. The Labute approximate surface area is 169 Å². The first-order valence-electron chi connectivity index (χ1n) is 8.99. The van der Waals surface area contributed by atoms with Gasteiger partial charge in [-0.25, -0.2) is 23.1 Å². The third-order valence-electron chi connectivity index (χ3n) is 4.51. The Morgan fingerprint density at radius 2 is 1.93 bits per heavy atom. The van der Waals surface area contributed by atoms with E-state index in [-0.39, 0.29) is 28.0 Å². The van der Waals surface area contributed by atoms with E-state index in [1.807, 2.05) is 18.6 Å². The van der Waals surface area contributed by atoms with Crippen LogP contribution in [0.25, 0.3) is 0 Å². The topological polar surface area (TPSA) is 127 Å². The lowest BCUT2D eigenvalue weighted by molar-refractivity contribution is -0.125. The van der Waals surface area contributed by atoms with Gasteiger partial charge in [0.1, 0.15) is 11.6 Å².